The molecule has 2 aromatic carbocycles. The van der Waals surface area contributed by atoms with E-state index in [1.54, 1.807) is 36.4 Å². The van der Waals surface area contributed by atoms with Crippen molar-refractivity contribution in [3.8, 4) is 0 Å². The number of piperidine rings is 1. The zero-order valence-electron chi connectivity index (χ0n) is 14.7. The summed E-state index contributed by atoms with van der Waals surface area (Å²) < 4.78 is 0. The molecule has 3 rings (SSSR count). The van der Waals surface area contributed by atoms with Gasteiger partial charge in [0.1, 0.15) is 0 Å². The minimum Gasteiger partial charge on any atom is -0.465 e. The molecule has 0 aromatic heterocycles. The minimum absolute atomic E-state index is 0. The number of rotatable bonds is 4. The third kappa shape index (κ3) is 5.84. The maximum absolute atomic E-state index is 12.4. The van der Waals surface area contributed by atoms with Crippen molar-refractivity contribution in [2.24, 2.45) is 0 Å². The lowest BCUT2D eigenvalue weighted by Crippen LogP contribution is -2.22. The molecule has 1 heterocycles. The van der Waals surface area contributed by atoms with Crippen LogP contribution in [0.3, 0.4) is 0 Å². The molecule has 0 atom stereocenters. The molecular weight excluding hydrogens is 366 g/mol. The van der Waals surface area contributed by atoms with Gasteiger partial charge in [0.25, 0.3) is 5.91 Å². The lowest BCUT2D eigenvalue weighted by atomic mass is 10.0. The fraction of sp³-hybridized carbons (Fsp3) is 0.200. The minimum atomic E-state index is -1.18. The molecule has 0 aliphatic carbocycles. The molecule has 0 spiro atoms. The van der Waals surface area contributed by atoms with Gasteiger partial charge in [-0.3, -0.25) is 10.1 Å². The first kappa shape index (κ1) is 20.5. The second kappa shape index (κ2) is 9.75. The Morgan fingerprint density at radius 2 is 1.52 bits per heavy atom. The van der Waals surface area contributed by atoms with Crippen LogP contribution in [-0.4, -0.2) is 30.2 Å². The van der Waals surface area contributed by atoms with E-state index >= 15 is 0 Å². The number of anilines is 2. The Labute approximate surface area is 164 Å². The summed E-state index contributed by atoms with van der Waals surface area (Å²) in [4.78, 5) is 23.3. The van der Waals surface area contributed by atoms with Crippen LogP contribution in [-0.2, 0) is 0 Å². The van der Waals surface area contributed by atoms with E-state index in [0.717, 1.165) is 31.5 Å². The number of nitrogens with one attached hydrogen (secondary N) is 3. The Hall–Kier alpha value is -2.83. The van der Waals surface area contributed by atoms with Crippen molar-refractivity contribution in [3.05, 3.63) is 65.2 Å². The molecule has 0 unspecified atom stereocenters. The van der Waals surface area contributed by atoms with Gasteiger partial charge in [0.05, 0.1) is 11.4 Å². The molecule has 1 aliphatic rings. The second-order valence-electron chi connectivity index (χ2n) is 6.10. The van der Waals surface area contributed by atoms with Crippen LogP contribution in [0.25, 0.3) is 6.08 Å². The maximum Gasteiger partial charge on any atom is 0.409 e. The van der Waals surface area contributed by atoms with Crippen LogP contribution in [0.2, 0.25) is 0 Å². The first-order valence-electron chi connectivity index (χ1n) is 8.52. The van der Waals surface area contributed by atoms with Crippen LogP contribution >= 0.6 is 12.4 Å². The molecule has 1 aliphatic heterocycles. The van der Waals surface area contributed by atoms with Gasteiger partial charge in [-0.25, -0.2) is 4.79 Å². The monoisotopic (exact) mass is 387 g/mol. The van der Waals surface area contributed by atoms with Gasteiger partial charge >= 0.3 is 6.09 Å². The molecule has 0 saturated carbocycles. The smallest absolute Gasteiger partial charge is 0.409 e. The predicted octanol–water partition coefficient (Wildman–Crippen LogP) is 4.22. The SMILES string of the molecule is Cl.O=C(O)Nc1ccccc1NC(=O)c1ccc(C=C2CCNCC2)cc1. The quantitative estimate of drug-likeness (QED) is 0.632. The normalized spacial score (nSPS) is 13.3. The number of carboxylic acid groups (broad SMARTS) is 1. The fourth-order valence-corrected chi connectivity index (χ4v) is 2.87. The number of benzene rings is 2. The Morgan fingerprint density at radius 1 is 0.926 bits per heavy atom. The van der Waals surface area contributed by atoms with Crippen molar-refractivity contribution < 1.29 is 14.7 Å². The van der Waals surface area contributed by atoms with E-state index in [1.807, 2.05) is 12.1 Å². The van der Waals surface area contributed by atoms with E-state index in [1.165, 1.54) is 5.57 Å². The van der Waals surface area contributed by atoms with E-state index in [9.17, 15) is 9.59 Å². The Morgan fingerprint density at radius 3 is 2.11 bits per heavy atom. The summed E-state index contributed by atoms with van der Waals surface area (Å²) in [5.74, 6) is -0.286. The molecular formula is C20H22ClN3O3. The van der Waals surface area contributed by atoms with Crippen LogP contribution in [0.5, 0.6) is 0 Å². The topological polar surface area (TPSA) is 90.5 Å². The highest BCUT2D eigenvalue weighted by atomic mass is 35.5. The highest BCUT2D eigenvalue weighted by Gasteiger charge is 2.10. The van der Waals surface area contributed by atoms with Crippen molar-refractivity contribution in [1.82, 2.24) is 5.32 Å². The molecule has 2 aromatic rings. The van der Waals surface area contributed by atoms with Crippen molar-refractivity contribution in [2.75, 3.05) is 23.7 Å². The van der Waals surface area contributed by atoms with Gasteiger partial charge in [-0.15, -0.1) is 12.4 Å². The number of halogens is 1. The summed E-state index contributed by atoms with van der Waals surface area (Å²) in [6.45, 7) is 2.02. The number of carbonyl (C=O) groups excluding carboxylic acids is 1. The molecule has 2 amide bonds. The van der Waals surface area contributed by atoms with Crippen molar-refractivity contribution >= 4 is 41.9 Å². The molecule has 142 valence electrons. The molecule has 7 heteroatoms. The van der Waals surface area contributed by atoms with E-state index < -0.39 is 6.09 Å². The third-order valence-corrected chi connectivity index (χ3v) is 4.21. The average Bonchev–Trinajstić information content (AvgIpc) is 2.64. The van der Waals surface area contributed by atoms with Gasteiger partial charge in [0.2, 0.25) is 0 Å². The summed E-state index contributed by atoms with van der Waals surface area (Å²) in [5, 5.41) is 17.2. The van der Waals surface area contributed by atoms with Gasteiger partial charge in [0.15, 0.2) is 0 Å². The number of carbonyl (C=O) groups is 2. The van der Waals surface area contributed by atoms with E-state index in [2.05, 4.69) is 22.0 Å². The van der Waals surface area contributed by atoms with E-state index in [0.29, 0.717) is 16.9 Å². The Bertz CT molecular complexity index is 827. The van der Waals surface area contributed by atoms with Gasteiger partial charge in [-0.05, 0) is 55.8 Å². The van der Waals surface area contributed by atoms with Crippen LogP contribution in [0.15, 0.2) is 54.1 Å². The first-order valence-corrected chi connectivity index (χ1v) is 8.52. The van der Waals surface area contributed by atoms with Gasteiger partial charge in [-0.1, -0.05) is 35.9 Å². The highest BCUT2D eigenvalue weighted by Crippen LogP contribution is 2.22. The van der Waals surface area contributed by atoms with Crippen LogP contribution in [0.4, 0.5) is 16.2 Å². The Balaban J connectivity index is 0.00000261. The zero-order chi connectivity index (χ0) is 18.4. The van der Waals surface area contributed by atoms with Crippen molar-refractivity contribution in [1.29, 1.82) is 0 Å². The summed E-state index contributed by atoms with van der Waals surface area (Å²) >= 11 is 0. The Kier molecular flexibility index (Phi) is 7.40. The van der Waals surface area contributed by atoms with E-state index in [4.69, 9.17) is 5.11 Å². The number of amides is 2. The molecule has 27 heavy (non-hydrogen) atoms. The number of hydrogen-bond acceptors (Lipinski definition) is 3. The number of para-hydroxylation sites is 2. The number of hydrogen-bond donors (Lipinski definition) is 4. The van der Waals surface area contributed by atoms with Crippen LogP contribution in [0.1, 0.15) is 28.8 Å². The molecule has 4 N–H and O–H groups in total. The first-order chi connectivity index (χ1) is 12.6. The average molecular weight is 388 g/mol. The molecule has 1 saturated heterocycles. The molecule has 0 radical (unpaired) electrons. The van der Waals surface area contributed by atoms with Crippen molar-refractivity contribution in [2.45, 2.75) is 12.8 Å². The molecule has 1 fully saturated rings. The van der Waals surface area contributed by atoms with Crippen LogP contribution < -0.4 is 16.0 Å². The molecule has 0 bridgehead atoms. The maximum atomic E-state index is 12.4. The largest absolute Gasteiger partial charge is 0.465 e. The standard InChI is InChI=1S/C20H21N3O3.ClH/c24-19(22-17-3-1-2-4-18(17)23-20(25)26)16-7-5-14(6-8-16)13-15-9-11-21-12-10-15;/h1-8,13,21,23H,9-12H2,(H,22,24)(H,25,26);1H. The van der Waals surface area contributed by atoms with Gasteiger partial charge < -0.3 is 15.7 Å². The second-order valence-corrected chi connectivity index (χ2v) is 6.10. The van der Waals surface area contributed by atoms with Crippen LogP contribution in [0, 0.1) is 0 Å². The molecule has 6 nitrogen and oxygen atoms in total. The van der Waals surface area contributed by atoms with Gasteiger partial charge in [-0.2, -0.15) is 0 Å². The summed E-state index contributed by atoms with van der Waals surface area (Å²) in [5.41, 5.74) is 3.75. The summed E-state index contributed by atoms with van der Waals surface area (Å²) in [6.07, 6.45) is 3.10. The lowest BCUT2D eigenvalue weighted by molar-refractivity contribution is 0.102. The summed E-state index contributed by atoms with van der Waals surface area (Å²) in [6, 6.07) is 14.1. The zero-order valence-corrected chi connectivity index (χ0v) is 15.5. The highest BCUT2D eigenvalue weighted by molar-refractivity contribution is 6.06. The predicted molar refractivity (Wildman–Crippen MR) is 110 cm³/mol. The van der Waals surface area contributed by atoms with Crippen molar-refractivity contribution in [3.63, 3.8) is 0 Å². The van der Waals surface area contributed by atoms with E-state index in [-0.39, 0.29) is 18.3 Å². The lowest BCUT2D eigenvalue weighted by Gasteiger charge is -2.15. The summed E-state index contributed by atoms with van der Waals surface area (Å²) in [7, 11) is 0. The fourth-order valence-electron chi connectivity index (χ4n) is 2.87. The third-order valence-electron chi connectivity index (χ3n) is 4.21. The van der Waals surface area contributed by atoms with Gasteiger partial charge in [0, 0.05) is 5.56 Å².